The van der Waals surface area contributed by atoms with Crippen LogP contribution in [0.2, 0.25) is 5.02 Å². The van der Waals surface area contributed by atoms with Gasteiger partial charge in [0.2, 0.25) is 0 Å². The molecule has 3 heteroatoms. The van der Waals surface area contributed by atoms with E-state index in [1.54, 1.807) is 0 Å². The van der Waals surface area contributed by atoms with Crippen molar-refractivity contribution < 1.29 is 0 Å². The smallest absolute Gasteiger partial charge is 0.0659 e. The molecule has 1 heterocycles. The highest BCUT2D eigenvalue weighted by Gasteiger charge is 2.01. The Hall–Kier alpha value is -0.990. The van der Waals surface area contributed by atoms with Crippen LogP contribution in [0.1, 0.15) is 5.56 Å². The van der Waals surface area contributed by atoms with Gasteiger partial charge in [0, 0.05) is 17.1 Å². The molecule has 0 saturated carbocycles. The van der Waals surface area contributed by atoms with Crippen LogP contribution in [-0.4, -0.2) is 18.6 Å². The fourth-order valence-corrected chi connectivity index (χ4v) is 1.78. The zero-order valence-corrected chi connectivity index (χ0v) is 8.86. The third-order valence-electron chi connectivity index (χ3n) is 2.36. The van der Waals surface area contributed by atoms with Crippen molar-refractivity contribution in [3.63, 3.8) is 0 Å². The van der Waals surface area contributed by atoms with E-state index >= 15 is 0 Å². The third-order valence-corrected chi connectivity index (χ3v) is 2.67. The third kappa shape index (κ3) is 1.76. The molecule has 0 aliphatic heterocycles. The lowest BCUT2D eigenvalue weighted by Gasteiger charge is -2.00. The van der Waals surface area contributed by atoms with Crippen molar-refractivity contribution in [2.24, 2.45) is 0 Å². The summed E-state index contributed by atoms with van der Waals surface area (Å²) in [5.74, 6) is 0. The molecule has 0 aliphatic rings. The normalized spacial score (nSPS) is 11.0. The zero-order chi connectivity index (χ0) is 9.97. The number of benzene rings is 1. The Labute approximate surface area is 88.3 Å². The van der Waals surface area contributed by atoms with Gasteiger partial charge >= 0.3 is 0 Å². The maximum Gasteiger partial charge on any atom is 0.0659 e. The SMILES string of the molecule is CNCCc1ccc2c(Cl)c[nH]c2c1. The van der Waals surface area contributed by atoms with E-state index in [1.165, 1.54) is 5.56 Å². The van der Waals surface area contributed by atoms with Gasteiger partial charge in [-0.3, -0.25) is 0 Å². The van der Waals surface area contributed by atoms with E-state index in [9.17, 15) is 0 Å². The van der Waals surface area contributed by atoms with Crippen LogP contribution in [0.25, 0.3) is 10.9 Å². The number of aromatic nitrogens is 1. The first-order valence-corrected chi connectivity index (χ1v) is 5.09. The number of halogens is 1. The van der Waals surface area contributed by atoms with Gasteiger partial charge in [-0.1, -0.05) is 23.7 Å². The molecule has 14 heavy (non-hydrogen) atoms. The van der Waals surface area contributed by atoms with E-state index in [1.807, 2.05) is 13.2 Å². The van der Waals surface area contributed by atoms with E-state index in [0.29, 0.717) is 0 Å². The Morgan fingerprint density at radius 3 is 3.07 bits per heavy atom. The van der Waals surface area contributed by atoms with Gasteiger partial charge in [0.05, 0.1) is 5.02 Å². The Balaban J connectivity index is 2.32. The van der Waals surface area contributed by atoms with Gasteiger partial charge in [0.25, 0.3) is 0 Å². The number of aromatic amines is 1. The van der Waals surface area contributed by atoms with Crippen molar-refractivity contribution >= 4 is 22.5 Å². The Kier molecular flexibility index (Phi) is 2.75. The first kappa shape index (κ1) is 9.56. The van der Waals surface area contributed by atoms with Crippen LogP contribution in [0.15, 0.2) is 24.4 Å². The van der Waals surface area contributed by atoms with Gasteiger partial charge in [0.15, 0.2) is 0 Å². The Morgan fingerprint density at radius 1 is 1.43 bits per heavy atom. The van der Waals surface area contributed by atoms with Gasteiger partial charge in [-0.25, -0.2) is 0 Å². The number of rotatable bonds is 3. The van der Waals surface area contributed by atoms with Crippen LogP contribution in [0, 0.1) is 0 Å². The van der Waals surface area contributed by atoms with Crippen molar-refractivity contribution in [3.05, 3.63) is 35.0 Å². The number of nitrogens with one attached hydrogen (secondary N) is 2. The lowest BCUT2D eigenvalue weighted by atomic mass is 10.1. The van der Waals surface area contributed by atoms with Crippen LogP contribution in [0.4, 0.5) is 0 Å². The van der Waals surface area contributed by atoms with E-state index < -0.39 is 0 Å². The average Bonchev–Trinajstić information content (AvgIpc) is 2.57. The molecule has 2 nitrogen and oxygen atoms in total. The second-order valence-electron chi connectivity index (χ2n) is 3.37. The fourth-order valence-electron chi connectivity index (χ4n) is 1.56. The minimum absolute atomic E-state index is 0.792. The highest BCUT2D eigenvalue weighted by atomic mass is 35.5. The molecule has 1 aromatic carbocycles. The monoisotopic (exact) mass is 208 g/mol. The molecule has 0 spiro atoms. The van der Waals surface area contributed by atoms with E-state index in [-0.39, 0.29) is 0 Å². The van der Waals surface area contributed by atoms with Crippen LogP contribution in [0.5, 0.6) is 0 Å². The summed E-state index contributed by atoms with van der Waals surface area (Å²) < 4.78 is 0. The number of likely N-dealkylation sites (N-methyl/N-ethyl adjacent to an activating group) is 1. The predicted molar refractivity (Wildman–Crippen MR) is 60.9 cm³/mol. The fraction of sp³-hybridized carbons (Fsp3) is 0.273. The maximum atomic E-state index is 5.99. The summed E-state index contributed by atoms with van der Waals surface area (Å²) in [7, 11) is 1.96. The molecule has 0 saturated heterocycles. The lowest BCUT2D eigenvalue weighted by Crippen LogP contribution is -2.10. The number of fused-ring (bicyclic) bond motifs is 1. The number of hydrogen-bond acceptors (Lipinski definition) is 1. The molecular formula is C11H13ClN2. The van der Waals surface area contributed by atoms with E-state index in [0.717, 1.165) is 28.9 Å². The Bertz CT molecular complexity index is 434. The molecule has 0 fully saturated rings. The first-order valence-electron chi connectivity index (χ1n) is 4.71. The summed E-state index contributed by atoms with van der Waals surface area (Å²) in [4.78, 5) is 3.15. The molecule has 1 aromatic heterocycles. The molecule has 0 radical (unpaired) electrons. The molecule has 0 aliphatic carbocycles. The minimum Gasteiger partial charge on any atom is -0.360 e. The van der Waals surface area contributed by atoms with Crippen molar-refractivity contribution in [1.82, 2.24) is 10.3 Å². The topological polar surface area (TPSA) is 27.8 Å². The molecule has 0 unspecified atom stereocenters. The van der Waals surface area contributed by atoms with Gasteiger partial charge in [0.1, 0.15) is 0 Å². The molecule has 2 aromatic rings. The summed E-state index contributed by atoms with van der Waals surface area (Å²) in [5, 5.41) is 5.02. The summed E-state index contributed by atoms with van der Waals surface area (Å²) in [6.45, 7) is 1.000. The second kappa shape index (κ2) is 4.03. The van der Waals surface area contributed by atoms with Gasteiger partial charge in [-0.2, -0.15) is 0 Å². The van der Waals surface area contributed by atoms with Crippen LogP contribution in [-0.2, 0) is 6.42 Å². The minimum atomic E-state index is 0.792. The molecular weight excluding hydrogens is 196 g/mol. The van der Waals surface area contributed by atoms with Crippen molar-refractivity contribution in [1.29, 1.82) is 0 Å². The molecule has 0 amide bonds. The van der Waals surface area contributed by atoms with Crippen LogP contribution < -0.4 is 5.32 Å². The number of hydrogen-bond donors (Lipinski definition) is 2. The van der Waals surface area contributed by atoms with Gasteiger partial charge < -0.3 is 10.3 Å². The Morgan fingerprint density at radius 2 is 2.29 bits per heavy atom. The second-order valence-corrected chi connectivity index (χ2v) is 3.78. The standard InChI is InChI=1S/C11H13ClN2/c1-13-5-4-8-2-3-9-10(12)7-14-11(9)6-8/h2-3,6-7,13-14H,4-5H2,1H3. The van der Waals surface area contributed by atoms with Gasteiger partial charge in [-0.05, 0) is 31.6 Å². The summed E-state index contributed by atoms with van der Waals surface area (Å²) in [6.07, 6.45) is 2.87. The summed E-state index contributed by atoms with van der Waals surface area (Å²) in [6, 6.07) is 6.34. The quantitative estimate of drug-likeness (QED) is 0.798. The van der Waals surface area contributed by atoms with E-state index in [4.69, 9.17) is 11.6 Å². The predicted octanol–water partition coefficient (Wildman–Crippen LogP) is 2.58. The van der Waals surface area contributed by atoms with Crippen molar-refractivity contribution in [2.45, 2.75) is 6.42 Å². The lowest BCUT2D eigenvalue weighted by molar-refractivity contribution is 0.792. The largest absolute Gasteiger partial charge is 0.360 e. The summed E-state index contributed by atoms with van der Waals surface area (Å²) >= 11 is 5.99. The zero-order valence-electron chi connectivity index (χ0n) is 8.10. The average molecular weight is 209 g/mol. The first-order chi connectivity index (χ1) is 6.81. The van der Waals surface area contributed by atoms with Crippen molar-refractivity contribution in [3.8, 4) is 0 Å². The van der Waals surface area contributed by atoms with Crippen LogP contribution in [0.3, 0.4) is 0 Å². The van der Waals surface area contributed by atoms with E-state index in [2.05, 4.69) is 28.5 Å². The molecule has 2 N–H and O–H groups in total. The molecule has 0 atom stereocenters. The van der Waals surface area contributed by atoms with Crippen molar-refractivity contribution in [2.75, 3.05) is 13.6 Å². The highest BCUT2D eigenvalue weighted by Crippen LogP contribution is 2.23. The summed E-state index contributed by atoms with van der Waals surface area (Å²) in [5.41, 5.74) is 2.44. The molecule has 2 rings (SSSR count). The highest BCUT2D eigenvalue weighted by molar-refractivity contribution is 6.35. The van der Waals surface area contributed by atoms with Gasteiger partial charge in [-0.15, -0.1) is 0 Å². The molecule has 74 valence electrons. The molecule has 0 bridgehead atoms. The number of H-pyrrole nitrogens is 1. The maximum absolute atomic E-state index is 5.99. The van der Waals surface area contributed by atoms with Crippen LogP contribution >= 0.6 is 11.6 Å².